The number of likely N-dealkylation sites (N-methyl/N-ethyl adjacent to an activating group) is 1. The van der Waals surface area contributed by atoms with Gasteiger partial charge in [-0.05, 0) is 60.2 Å². The fraction of sp³-hybridized carbons (Fsp3) is 0.304. The van der Waals surface area contributed by atoms with Crippen LogP contribution in [0.5, 0.6) is 0 Å². The Morgan fingerprint density at radius 1 is 0.966 bits per heavy atom. The molecule has 2 heterocycles. The van der Waals surface area contributed by atoms with Gasteiger partial charge in [0.25, 0.3) is 5.91 Å². The minimum Gasteiger partial charge on any atom is -0.358 e. The predicted octanol–water partition coefficient (Wildman–Crippen LogP) is 3.93. The number of aromatic nitrogens is 3. The van der Waals surface area contributed by atoms with Gasteiger partial charge < -0.3 is 10.2 Å². The number of nitrogens with one attached hydrogen (secondary N) is 1. The van der Waals surface area contributed by atoms with Crippen molar-refractivity contribution in [3.63, 3.8) is 0 Å². The quantitative estimate of drug-likeness (QED) is 0.632. The number of carbonyl (C=O) groups excluding carboxylic acids is 1. The number of para-hydroxylation sites is 1. The van der Waals surface area contributed by atoms with Crippen LogP contribution in [-0.2, 0) is 19.3 Å². The zero-order valence-electron chi connectivity index (χ0n) is 17.2. The maximum atomic E-state index is 12.7. The number of carbonyl (C=O) groups is 1. The van der Waals surface area contributed by atoms with Crippen molar-refractivity contribution in [1.29, 1.82) is 0 Å². The minimum atomic E-state index is -0.237. The van der Waals surface area contributed by atoms with Crippen molar-refractivity contribution in [2.45, 2.75) is 33.1 Å². The van der Waals surface area contributed by atoms with E-state index in [-0.39, 0.29) is 5.91 Å². The second-order valence-corrected chi connectivity index (χ2v) is 6.92. The molecule has 6 heteroatoms. The summed E-state index contributed by atoms with van der Waals surface area (Å²) in [7, 11) is 1.97. The van der Waals surface area contributed by atoms with E-state index >= 15 is 0 Å². The summed E-state index contributed by atoms with van der Waals surface area (Å²) in [6.07, 6.45) is 6.19. The molecule has 0 aliphatic rings. The molecule has 0 fully saturated rings. The number of hydrogen-bond acceptors (Lipinski definition) is 5. The van der Waals surface area contributed by atoms with Gasteiger partial charge in [0.15, 0.2) is 11.5 Å². The highest BCUT2D eigenvalue weighted by Gasteiger charge is 2.14. The van der Waals surface area contributed by atoms with Crippen molar-refractivity contribution in [1.82, 2.24) is 15.2 Å². The first-order chi connectivity index (χ1) is 14.1. The fourth-order valence-corrected chi connectivity index (χ4v) is 3.19. The van der Waals surface area contributed by atoms with Crippen LogP contribution in [0.2, 0.25) is 0 Å². The van der Waals surface area contributed by atoms with Gasteiger partial charge in [-0.2, -0.15) is 0 Å². The predicted molar refractivity (Wildman–Crippen MR) is 116 cm³/mol. The monoisotopic (exact) mass is 389 g/mol. The number of anilines is 2. The van der Waals surface area contributed by atoms with Crippen LogP contribution in [0.4, 0.5) is 11.5 Å². The highest BCUT2D eigenvalue weighted by Crippen LogP contribution is 2.23. The lowest BCUT2D eigenvalue weighted by atomic mass is 10.0. The molecule has 3 aromatic rings. The molecule has 150 valence electrons. The average Bonchev–Trinajstić information content (AvgIpc) is 2.78. The van der Waals surface area contributed by atoms with Gasteiger partial charge in [-0.25, -0.2) is 0 Å². The molecule has 0 saturated heterocycles. The Hall–Kier alpha value is -3.28. The van der Waals surface area contributed by atoms with Gasteiger partial charge in [0, 0.05) is 31.7 Å². The van der Waals surface area contributed by atoms with Crippen LogP contribution < -0.4 is 10.2 Å². The highest BCUT2D eigenvalue weighted by atomic mass is 16.1. The van der Waals surface area contributed by atoms with E-state index < -0.39 is 0 Å². The third-order valence-corrected chi connectivity index (χ3v) is 5.00. The van der Waals surface area contributed by atoms with Crippen LogP contribution in [0, 0.1) is 0 Å². The first-order valence-corrected chi connectivity index (χ1v) is 9.98. The number of pyridine rings is 1. The molecule has 29 heavy (non-hydrogen) atoms. The summed E-state index contributed by atoms with van der Waals surface area (Å²) >= 11 is 0. The Kier molecular flexibility index (Phi) is 6.89. The SMILES string of the molecule is CCc1cccc(CC)c1NC(=O)c1ccc(N(C)CCc2ccncc2)nn1. The third kappa shape index (κ3) is 5.16. The second-order valence-electron chi connectivity index (χ2n) is 6.92. The van der Waals surface area contributed by atoms with E-state index in [0.717, 1.165) is 48.4 Å². The molecular weight excluding hydrogens is 362 g/mol. The molecule has 2 aromatic heterocycles. The van der Waals surface area contributed by atoms with E-state index in [1.165, 1.54) is 5.56 Å². The molecule has 0 aliphatic carbocycles. The van der Waals surface area contributed by atoms with Crippen LogP contribution in [0.15, 0.2) is 54.9 Å². The maximum Gasteiger partial charge on any atom is 0.276 e. The van der Waals surface area contributed by atoms with E-state index in [9.17, 15) is 4.79 Å². The van der Waals surface area contributed by atoms with Crippen molar-refractivity contribution < 1.29 is 4.79 Å². The van der Waals surface area contributed by atoms with E-state index in [4.69, 9.17) is 0 Å². The number of aryl methyl sites for hydroxylation is 2. The van der Waals surface area contributed by atoms with E-state index in [2.05, 4.69) is 34.3 Å². The third-order valence-electron chi connectivity index (χ3n) is 5.00. The molecule has 0 radical (unpaired) electrons. The molecule has 0 aliphatic heterocycles. The normalized spacial score (nSPS) is 10.6. The molecule has 0 saturated carbocycles. The van der Waals surface area contributed by atoms with Gasteiger partial charge in [-0.15, -0.1) is 10.2 Å². The Morgan fingerprint density at radius 2 is 1.66 bits per heavy atom. The van der Waals surface area contributed by atoms with Crippen LogP contribution in [-0.4, -0.2) is 34.7 Å². The molecule has 1 amide bonds. The van der Waals surface area contributed by atoms with Crippen LogP contribution in [0.25, 0.3) is 0 Å². The molecule has 1 aromatic carbocycles. The molecule has 0 spiro atoms. The van der Waals surface area contributed by atoms with Crippen molar-refractivity contribution >= 4 is 17.4 Å². The zero-order valence-corrected chi connectivity index (χ0v) is 17.2. The summed E-state index contributed by atoms with van der Waals surface area (Å²) in [6.45, 7) is 4.97. The lowest BCUT2D eigenvalue weighted by molar-refractivity contribution is 0.102. The van der Waals surface area contributed by atoms with Crippen molar-refractivity contribution in [3.05, 3.63) is 77.2 Å². The first kappa shape index (κ1) is 20.5. The zero-order chi connectivity index (χ0) is 20.6. The number of nitrogens with zero attached hydrogens (tertiary/aromatic N) is 4. The molecular formula is C23H27N5O. The van der Waals surface area contributed by atoms with Crippen molar-refractivity contribution in [2.24, 2.45) is 0 Å². The molecule has 6 nitrogen and oxygen atoms in total. The van der Waals surface area contributed by atoms with Crippen LogP contribution in [0.1, 0.15) is 41.0 Å². The second kappa shape index (κ2) is 9.78. The average molecular weight is 390 g/mol. The summed E-state index contributed by atoms with van der Waals surface area (Å²) in [5, 5.41) is 11.4. The number of amides is 1. The molecule has 0 atom stereocenters. The summed E-state index contributed by atoms with van der Waals surface area (Å²) in [5.41, 5.74) is 4.67. The summed E-state index contributed by atoms with van der Waals surface area (Å²) < 4.78 is 0. The first-order valence-electron chi connectivity index (χ1n) is 9.98. The van der Waals surface area contributed by atoms with Gasteiger partial charge >= 0.3 is 0 Å². The van der Waals surface area contributed by atoms with Gasteiger partial charge in [0.2, 0.25) is 0 Å². The lowest BCUT2D eigenvalue weighted by Gasteiger charge is -2.18. The van der Waals surface area contributed by atoms with Gasteiger partial charge in [-0.3, -0.25) is 9.78 Å². The molecule has 3 rings (SSSR count). The minimum absolute atomic E-state index is 0.237. The maximum absolute atomic E-state index is 12.7. The van der Waals surface area contributed by atoms with Crippen molar-refractivity contribution in [2.75, 3.05) is 23.8 Å². The van der Waals surface area contributed by atoms with Crippen LogP contribution >= 0.6 is 0 Å². The molecule has 0 bridgehead atoms. The number of rotatable bonds is 8. The summed E-state index contributed by atoms with van der Waals surface area (Å²) in [6, 6.07) is 13.7. The van der Waals surface area contributed by atoms with Gasteiger partial charge in [0.1, 0.15) is 0 Å². The van der Waals surface area contributed by atoms with Gasteiger partial charge in [-0.1, -0.05) is 32.0 Å². The topological polar surface area (TPSA) is 71.0 Å². The van der Waals surface area contributed by atoms with Crippen LogP contribution in [0.3, 0.4) is 0 Å². The largest absolute Gasteiger partial charge is 0.358 e. The summed E-state index contributed by atoms with van der Waals surface area (Å²) in [4.78, 5) is 18.8. The lowest BCUT2D eigenvalue weighted by Crippen LogP contribution is -2.23. The Labute approximate surface area is 172 Å². The Morgan fingerprint density at radius 3 is 2.24 bits per heavy atom. The summed E-state index contributed by atoms with van der Waals surface area (Å²) in [5.74, 6) is 0.498. The number of benzene rings is 1. The van der Waals surface area contributed by atoms with Gasteiger partial charge in [0.05, 0.1) is 0 Å². The van der Waals surface area contributed by atoms with E-state index in [1.54, 1.807) is 18.5 Å². The highest BCUT2D eigenvalue weighted by molar-refractivity contribution is 6.03. The standard InChI is InChI=1S/C23H27N5O/c1-4-18-7-6-8-19(5-2)22(18)25-23(29)20-9-10-21(27-26-20)28(3)16-13-17-11-14-24-15-12-17/h6-12,14-15H,4-5,13,16H2,1-3H3,(H,25,29). The molecule has 1 N–H and O–H groups in total. The van der Waals surface area contributed by atoms with E-state index in [0.29, 0.717) is 5.69 Å². The number of hydrogen-bond donors (Lipinski definition) is 1. The fourth-order valence-electron chi connectivity index (χ4n) is 3.19. The Bertz CT molecular complexity index is 919. The Balaban J connectivity index is 1.66. The van der Waals surface area contributed by atoms with E-state index in [1.807, 2.05) is 48.3 Å². The smallest absolute Gasteiger partial charge is 0.276 e. The molecule has 0 unspecified atom stereocenters. The van der Waals surface area contributed by atoms with Crippen molar-refractivity contribution in [3.8, 4) is 0 Å².